The van der Waals surface area contributed by atoms with Crippen molar-refractivity contribution in [2.75, 3.05) is 6.61 Å². The first-order valence-electron chi connectivity index (χ1n) is 11.1. The first kappa shape index (κ1) is 19.2. The first-order valence-corrected chi connectivity index (χ1v) is 11.1. The zero-order valence-electron chi connectivity index (χ0n) is 17.5. The number of carbonyl (C=O) groups excluding carboxylic acids is 2. The van der Waals surface area contributed by atoms with Gasteiger partial charge in [-0.15, -0.1) is 0 Å². The van der Waals surface area contributed by atoms with E-state index in [2.05, 4.69) is 26.8 Å². The van der Waals surface area contributed by atoms with E-state index >= 15 is 0 Å². The summed E-state index contributed by atoms with van der Waals surface area (Å²) in [5.41, 5.74) is 0.609. The Bertz CT molecular complexity index is 652. The van der Waals surface area contributed by atoms with Crippen molar-refractivity contribution in [1.29, 1.82) is 0 Å². The molecule has 0 N–H and O–H groups in total. The number of hydrogen-bond donors (Lipinski definition) is 0. The molecule has 3 fully saturated rings. The monoisotopic (exact) mass is 372 g/mol. The van der Waals surface area contributed by atoms with Crippen LogP contribution in [0.4, 0.5) is 0 Å². The fourth-order valence-electron chi connectivity index (χ4n) is 7.97. The number of allylic oxidation sites excluding steroid dienone is 2. The van der Waals surface area contributed by atoms with Crippen LogP contribution in [0.2, 0.25) is 0 Å². The zero-order valence-corrected chi connectivity index (χ0v) is 17.5. The third kappa shape index (κ3) is 3.00. The Hall–Kier alpha value is -1.12. The molecule has 0 heterocycles. The molecule has 3 nitrogen and oxygen atoms in total. The van der Waals surface area contributed by atoms with E-state index in [-0.39, 0.29) is 11.4 Å². The molecule has 0 aliphatic heterocycles. The number of fused-ring (bicyclic) bond motifs is 5. The fourth-order valence-corrected chi connectivity index (χ4v) is 7.97. The van der Waals surface area contributed by atoms with E-state index in [1.54, 1.807) is 0 Å². The van der Waals surface area contributed by atoms with Gasteiger partial charge in [-0.05, 0) is 90.9 Å². The number of ketones is 1. The maximum Gasteiger partial charge on any atom is 0.302 e. The molecule has 3 saturated carbocycles. The van der Waals surface area contributed by atoms with Crippen molar-refractivity contribution in [3.63, 3.8) is 0 Å². The molecule has 0 aromatic heterocycles. The Morgan fingerprint density at radius 3 is 2.70 bits per heavy atom. The zero-order chi connectivity index (χ0) is 19.4. The average molecular weight is 373 g/mol. The molecule has 3 heteroatoms. The van der Waals surface area contributed by atoms with E-state index in [9.17, 15) is 9.59 Å². The predicted octanol–water partition coefficient (Wildman–Crippen LogP) is 5.19. The molecule has 4 aliphatic carbocycles. The van der Waals surface area contributed by atoms with Crippen molar-refractivity contribution >= 4 is 11.8 Å². The van der Waals surface area contributed by atoms with Crippen LogP contribution in [0.3, 0.4) is 0 Å². The molecule has 0 aromatic carbocycles. The normalized spacial score (nSPS) is 47.0. The minimum atomic E-state index is -0.157. The summed E-state index contributed by atoms with van der Waals surface area (Å²) in [5, 5.41) is 0. The first-order chi connectivity index (χ1) is 12.8. The third-order valence-electron chi connectivity index (χ3n) is 9.35. The molecule has 0 aromatic rings. The molecule has 0 amide bonds. The van der Waals surface area contributed by atoms with Crippen LogP contribution >= 0.6 is 0 Å². The van der Waals surface area contributed by atoms with Gasteiger partial charge in [0.25, 0.3) is 0 Å². The van der Waals surface area contributed by atoms with Gasteiger partial charge >= 0.3 is 5.97 Å². The SMILES string of the molecule is CC(=O)OCC(C)[C@H]1CC[C@H]2[C@@H]3CC[C@H]4CC(=O)C=C[C@]4(C)[C@H]3CC[C@]12C. The number of hydrogen-bond acceptors (Lipinski definition) is 3. The molecule has 150 valence electrons. The van der Waals surface area contributed by atoms with E-state index in [4.69, 9.17) is 4.74 Å². The number of carbonyl (C=O) groups is 2. The van der Waals surface area contributed by atoms with E-state index in [0.717, 1.165) is 24.2 Å². The van der Waals surface area contributed by atoms with E-state index in [1.165, 1.54) is 45.4 Å². The molecule has 1 unspecified atom stereocenters. The van der Waals surface area contributed by atoms with E-state index in [0.29, 0.717) is 35.6 Å². The molecule has 4 rings (SSSR count). The van der Waals surface area contributed by atoms with Crippen molar-refractivity contribution in [3.05, 3.63) is 12.2 Å². The second kappa shape index (κ2) is 6.74. The minimum absolute atomic E-state index is 0.157. The number of ether oxygens (including phenoxy) is 1. The van der Waals surface area contributed by atoms with Gasteiger partial charge in [-0.1, -0.05) is 26.8 Å². The van der Waals surface area contributed by atoms with Gasteiger partial charge < -0.3 is 4.74 Å². The molecular weight excluding hydrogens is 336 g/mol. The molecule has 0 bridgehead atoms. The van der Waals surface area contributed by atoms with Crippen molar-refractivity contribution in [1.82, 2.24) is 0 Å². The van der Waals surface area contributed by atoms with Crippen LogP contribution in [0.15, 0.2) is 12.2 Å². The lowest BCUT2D eigenvalue weighted by molar-refractivity contribution is -0.144. The summed E-state index contributed by atoms with van der Waals surface area (Å²) >= 11 is 0. The van der Waals surface area contributed by atoms with Gasteiger partial charge in [0.2, 0.25) is 0 Å². The van der Waals surface area contributed by atoms with Gasteiger partial charge in [0.15, 0.2) is 5.78 Å². The van der Waals surface area contributed by atoms with Gasteiger partial charge in [-0.2, -0.15) is 0 Å². The van der Waals surface area contributed by atoms with Crippen LogP contribution in [-0.4, -0.2) is 18.4 Å². The van der Waals surface area contributed by atoms with Crippen LogP contribution in [-0.2, 0) is 14.3 Å². The lowest BCUT2D eigenvalue weighted by Crippen LogP contribution is -2.52. The van der Waals surface area contributed by atoms with Crippen LogP contribution in [0.25, 0.3) is 0 Å². The van der Waals surface area contributed by atoms with Crippen LogP contribution in [0.5, 0.6) is 0 Å². The maximum absolute atomic E-state index is 12.0. The molecule has 0 radical (unpaired) electrons. The van der Waals surface area contributed by atoms with Crippen LogP contribution in [0.1, 0.15) is 72.6 Å². The third-order valence-corrected chi connectivity index (χ3v) is 9.35. The van der Waals surface area contributed by atoms with Crippen LogP contribution < -0.4 is 0 Å². The highest BCUT2D eigenvalue weighted by atomic mass is 16.5. The Kier molecular flexibility index (Phi) is 4.79. The summed E-state index contributed by atoms with van der Waals surface area (Å²) in [6.07, 6.45) is 12.6. The molecule has 0 spiro atoms. The van der Waals surface area contributed by atoms with Gasteiger partial charge in [-0.25, -0.2) is 0 Å². The fraction of sp³-hybridized carbons (Fsp3) is 0.833. The largest absolute Gasteiger partial charge is 0.466 e. The summed E-state index contributed by atoms with van der Waals surface area (Å²) in [7, 11) is 0. The molecule has 8 atom stereocenters. The summed E-state index contributed by atoms with van der Waals surface area (Å²) in [4.78, 5) is 23.2. The van der Waals surface area contributed by atoms with E-state index < -0.39 is 0 Å². The summed E-state index contributed by atoms with van der Waals surface area (Å²) < 4.78 is 5.36. The standard InChI is InChI=1S/C24H36O3/c1-15(14-27-16(2)25)20-7-8-21-19-6-5-17-13-18(26)9-11-23(17,3)22(19)10-12-24(20,21)4/h9,11,15,17,19-22H,5-8,10,12-14H2,1-4H3/t15?,17-,19-,20+,21-,22-,23-,24+/m0/s1. The Balaban J connectivity index is 1.54. The van der Waals surface area contributed by atoms with Gasteiger partial charge in [0.1, 0.15) is 0 Å². The quantitative estimate of drug-likeness (QED) is 0.640. The highest BCUT2D eigenvalue weighted by molar-refractivity contribution is 5.91. The molecular formula is C24H36O3. The smallest absolute Gasteiger partial charge is 0.302 e. The summed E-state index contributed by atoms with van der Waals surface area (Å²) in [6.45, 7) is 9.33. The van der Waals surface area contributed by atoms with Gasteiger partial charge in [0, 0.05) is 13.3 Å². The second-order valence-corrected chi connectivity index (χ2v) is 10.5. The maximum atomic E-state index is 12.0. The van der Waals surface area contributed by atoms with E-state index in [1.807, 2.05) is 6.08 Å². The summed E-state index contributed by atoms with van der Waals surface area (Å²) in [6, 6.07) is 0. The van der Waals surface area contributed by atoms with Crippen molar-refractivity contribution in [2.45, 2.75) is 72.6 Å². The lowest BCUT2D eigenvalue weighted by Gasteiger charge is -2.59. The van der Waals surface area contributed by atoms with Gasteiger partial charge in [-0.3, -0.25) is 9.59 Å². The molecule has 4 aliphatic rings. The highest BCUT2D eigenvalue weighted by Gasteiger charge is 2.60. The predicted molar refractivity (Wildman–Crippen MR) is 106 cm³/mol. The number of rotatable bonds is 3. The van der Waals surface area contributed by atoms with Crippen molar-refractivity contribution in [2.24, 2.45) is 46.3 Å². The summed E-state index contributed by atoms with van der Waals surface area (Å²) in [5.74, 6) is 4.17. The van der Waals surface area contributed by atoms with Crippen molar-refractivity contribution in [3.8, 4) is 0 Å². The lowest BCUT2D eigenvalue weighted by atomic mass is 9.45. The Labute approximate surface area is 164 Å². The topological polar surface area (TPSA) is 43.4 Å². The van der Waals surface area contributed by atoms with Crippen LogP contribution in [0, 0.1) is 46.3 Å². The Morgan fingerprint density at radius 2 is 1.96 bits per heavy atom. The minimum Gasteiger partial charge on any atom is -0.466 e. The number of esters is 1. The highest BCUT2D eigenvalue weighted by Crippen LogP contribution is 2.67. The Morgan fingerprint density at radius 1 is 1.19 bits per heavy atom. The average Bonchev–Trinajstić information content (AvgIpc) is 2.97. The van der Waals surface area contributed by atoms with Gasteiger partial charge in [0.05, 0.1) is 6.61 Å². The molecule has 27 heavy (non-hydrogen) atoms. The van der Waals surface area contributed by atoms with Crippen molar-refractivity contribution < 1.29 is 14.3 Å². The molecule has 0 saturated heterocycles. The second-order valence-electron chi connectivity index (χ2n) is 10.5.